The van der Waals surface area contributed by atoms with Gasteiger partial charge in [-0.3, -0.25) is 14.4 Å². The van der Waals surface area contributed by atoms with Gasteiger partial charge in [0.1, 0.15) is 36.6 Å². The Hall–Kier alpha value is -3.87. The van der Waals surface area contributed by atoms with Crippen molar-refractivity contribution in [3.8, 4) is 0 Å². The quantitative estimate of drug-likeness (QED) is 0.128. The highest BCUT2D eigenvalue weighted by Crippen LogP contribution is 2.33. The Bertz CT molecular complexity index is 1210. The van der Waals surface area contributed by atoms with Crippen LogP contribution in [0.1, 0.15) is 12.6 Å². The molecular formula is C22H28N4O13. The second-order valence-corrected chi connectivity index (χ2v) is 8.52. The monoisotopic (exact) mass is 556 g/mol. The number of ether oxygens (including phenoxy) is 4. The van der Waals surface area contributed by atoms with Gasteiger partial charge in [0.25, 0.3) is 11.5 Å². The van der Waals surface area contributed by atoms with Gasteiger partial charge in [0.2, 0.25) is 12.2 Å². The van der Waals surface area contributed by atoms with Crippen molar-refractivity contribution in [3.63, 3.8) is 0 Å². The molecule has 2 amide bonds. The van der Waals surface area contributed by atoms with Gasteiger partial charge in [0.05, 0.1) is 0 Å². The van der Waals surface area contributed by atoms with E-state index in [0.29, 0.717) is 4.57 Å². The summed E-state index contributed by atoms with van der Waals surface area (Å²) in [7, 11) is 1.13. The summed E-state index contributed by atoms with van der Waals surface area (Å²) in [5.74, 6) is -4.35. The number of carbonyl (C=O) groups excluding carboxylic acids is 2. The molecule has 39 heavy (non-hydrogen) atoms. The third kappa shape index (κ3) is 6.24. The van der Waals surface area contributed by atoms with Crippen molar-refractivity contribution in [1.82, 2.24) is 14.9 Å². The number of nitrogens with zero attached hydrogens (tertiary/aromatic N) is 1. The first-order chi connectivity index (χ1) is 18.4. The van der Waals surface area contributed by atoms with Crippen molar-refractivity contribution in [1.29, 1.82) is 0 Å². The molecule has 1 saturated heterocycles. The molecule has 214 valence electrons. The molecule has 1 aromatic heterocycles. The summed E-state index contributed by atoms with van der Waals surface area (Å²) in [6, 6.07) is -0.399. The fraction of sp³-hybridized carbons (Fsp3) is 0.500. The van der Waals surface area contributed by atoms with Gasteiger partial charge in [-0.15, -0.1) is 6.58 Å². The van der Waals surface area contributed by atoms with Crippen molar-refractivity contribution in [2.24, 2.45) is 5.73 Å². The van der Waals surface area contributed by atoms with E-state index in [2.05, 4.69) is 16.9 Å². The van der Waals surface area contributed by atoms with E-state index in [1.54, 1.807) is 0 Å². The van der Waals surface area contributed by atoms with Crippen LogP contribution in [0.4, 0.5) is 0 Å². The number of carboxylic acid groups (broad SMARTS) is 1. The Morgan fingerprint density at radius 2 is 1.97 bits per heavy atom. The second kappa shape index (κ2) is 12.3. The summed E-state index contributed by atoms with van der Waals surface area (Å²) < 4.78 is 22.1. The highest BCUT2D eigenvalue weighted by atomic mass is 16.7. The van der Waals surface area contributed by atoms with Gasteiger partial charge >= 0.3 is 11.7 Å². The maximum absolute atomic E-state index is 12.6. The summed E-state index contributed by atoms with van der Waals surface area (Å²) in [4.78, 5) is 63.0. The van der Waals surface area contributed by atoms with Crippen molar-refractivity contribution in [3.05, 3.63) is 57.6 Å². The maximum atomic E-state index is 12.6. The number of nitrogens with one attached hydrogen (secondary N) is 2. The van der Waals surface area contributed by atoms with E-state index in [4.69, 9.17) is 24.7 Å². The van der Waals surface area contributed by atoms with E-state index < -0.39 is 90.0 Å². The number of aromatic amines is 1. The molecule has 17 nitrogen and oxygen atoms in total. The SMILES string of the molecule is C=CCC(NC(=O)C1=CC(O)C(O)C(OC(C(N)=O)C2OC(n3c(=O)cc[nH]c3=O)C(O)C2OC)O1)C(=O)O. The number of aliphatic hydroxyl groups is 3. The fourth-order valence-corrected chi connectivity index (χ4v) is 4.04. The van der Waals surface area contributed by atoms with Crippen molar-refractivity contribution in [2.75, 3.05) is 7.11 Å². The molecule has 0 saturated carbocycles. The first kappa shape index (κ1) is 29.7. The van der Waals surface area contributed by atoms with E-state index in [1.807, 2.05) is 0 Å². The number of carboxylic acids is 1. The van der Waals surface area contributed by atoms with Gasteiger partial charge in [-0.25, -0.2) is 14.2 Å². The molecule has 9 atom stereocenters. The zero-order chi connectivity index (χ0) is 29.0. The average Bonchev–Trinajstić information content (AvgIpc) is 3.19. The average molecular weight is 556 g/mol. The van der Waals surface area contributed by atoms with Crippen molar-refractivity contribution < 1.29 is 53.8 Å². The van der Waals surface area contributed by atoms with Gasteiger partial charge in [-0.2, -0.15) is 0 Å². The van der Waals surface area contributed by atoms with E-state index in [9.17, 15) is 44.4 Å². The molecule has 3 rings (SSSR count). The van der Waals surface area contributed by atoms with Gasteiger partial charge in [0, 0.05) is 19.4 Å². The van der Waals surface area contributed by atoms with Gasteiger partial charge in [-0.1, -0.05) is 6.08 Å². The first-order valence-electron chi connectivity index (χ1n) is 11.4. The van der Waals surface area contributed by atoms with Crippen LogP contribution < -0.4 is 22.3 Å². The zero-order valence-corrected chi connectivity index (χ0v) is 20.4. The summed E-state index contributed by atoms with van der Waals surface area (Å²) in [5.41, 5.74) is 3.67. The summed E-state index contributed by atoms with van der Waals surface area (Å²) in [6.45, 7) is 3.40. The normalized spacial score (nSPS) is 29.9. The summed E-state index contributed by atoms with van der Waals surface area (Å²) in [5, 5.41) is 42.7. The van der Waals surface area contributed by atoms with Gasteiger partial charge in [0.15, 0.2) is 18.1 Å². The van der Waals surface area contributed by atoms with Crippen LogP contribution in [0, 0.1) is 0 Å². The first-order valence-corrected chi connectivity index (χ1v) is 11.4. The minimum absolute atomic E-state index is 0.141. The highest BCUT2D eigenvalue weighted by Gasteiger charge is 2.52. The lowest BCUT2D eigenvalue weighted by Gasteiger charge is -2.35. The molecule has 1 fully saturated rings. The minimum Gasteiger partial charge on any atom is -0.480 e. The highest BCUT2D eigenvalue weighted by molar-refractivity contribution is 5.94. The van der Waals surface area contributed by atoms with Crippen LogP contribution in [0.3, 0.4) is 0 Å². The van der Waals surface area contributed by atoms with Crippen LogP contribution in [0.15, 0.2) is 46.3 Å². The smallest absolute Gasteiger partial charge is 0.330 e. The summed E-state index contributed by atoms with van der Waals surface area (Å²) in [6.07, 6.45) is -10.8. The molecule has 0 aliphatic carbocycles. The van der Waals surface area contributed by atoms with Crippen LogP contribution in [0.5, 0.6) is 0 Å². The Kier molecular flexibility index (Phi) is 9.38. The molecule has 9 unspecified atom stereocenters. The third-order valence-corrected chi connectivity index (χ3v) is 5.95. The molecule has 17 heteroatoms. The number of hydrogen-bond donors (Lipinski definition) is 7. The number of methoxy groups -OCH3 is 1. The van der Waals surface area contributed by atoms with Gasteiger partial charge in [-0.05, 0) is 12.5 Å². The summed E-state index contributed by atoms with van der Waals surface area (Å²) >= 11 is 0. The minimum atomic E-state index is -1.94. The standard InChI is InChI=1S/C22H28N4O13/c1-3-4-8(20(33)34)25-18(32)10-7-9(27)12(29)21(37-10)39-16(17(23)31)15-14(36-2)13(30)19(38-15)26-11(28)5-6-24-22(26)35/h3,5-9,12-16,19,21,27,29-30H,1,4H2,2H3,(H2,23,31)(H,24,35)(H,25,32)(H,33,34). The fourth-order valence-electron chi connectivity index (χ4n) is 4.04. The lowest BCUT2D eigenvalue weighted by atomic mass is 10.0. The molecule has 2 aliphatic heterocycles. The lowest BCUT2D eigenvalue weighted by molar-refractivity contribution is -0.241. The number of H-pyrrole nitrogens is 1. The molecule has 2 aliphatic rings. The van der Waals surface area contributed by atoms with E-state index in [-0.39, 0.29) is 6.42 Å². The number of aliphatic carboxylic acids is 1. The number of carbonyl (C=O) groups is 3. The number of rotatable bonds is 11. The van der Waals surface area contributed by atoms with Crippen LogP contribution >= 0.6 is 0 Å². The number of primary amides is 1. The van der Waals surface area contributed by atoms with Crippen LogP contribution in [-0.2, 0) is 33.3 Å². The van der Waals surface area contributed by atoms with Crippen LogP contribution in [0.25, 0.3) is 0 Å². The van der Waals surface area contributed by atoms with E-state index in [1.165, 1.54) is 6.08 Å². The molecular weight excluding hydrogens is 528 g/mol. The number of aliphatic hydroxyl groups excluding tert-OH is 3. The molecule has 0 spiro atoms. The molecule has 1 aromatic rings. The van der Waals surface area contributed by atoms with Crippen LogP contribution in [0.2, 0.25) is 0 Å². The maximum Gasteiger partial charge on any atom is 0.330 e. The Labute approximate surface area is 219 Å². The van der Waals surface area contributed by atoms with E-state index >= 15 is 0 Å². The predicted molar refractivity (Wildman–Crippen MR) is 125 cm³/mol. The molecule has 0 aromatic carbocycles. The number of nitrogens with two attached hydrogens (primary N) is 1. The third-order valence-electron chi connectivity index (χ3n) is 5.95. The molecule has 8 N–H and O–H groups in total. The topological polar surface area (TPSA) is 262 Å². The lowest BCUT2D eigenvalue weighted by Crippen LogP contribution is -2.54. The van der Waals surface area contributed by atoms with Crippen molar-refractivity contribution in [2.45, 2.75) is 61.6 Å². The molecule has 0 bridgehead atoms. The van der Waals surface area contributed by atoms with E-state index in [0.717, 1.165) is 25.4 Å². The number of hydrogen-bond acceptors (Lipinski definition) is 12. The van der Waals surface area contributed by atoms with Gasteiger partial charge < -0.3 is 55.4 Å². The van der Waals surface area contributed by atoms with Crippen LogP contribution in [-0.4, -0.2) is 104 Å². The second-order valence-electron chi connectivity index (χ2n) is 8.52. The molecule has 0 radical (unpaired) electrons. The number of aromatic nitrogens is 2. The largest absolute Gasteiger partial charge is 0.480 e. The van der Waals surface area contributed by atoms with Crippen molar-refractivity contribution >= 4 is 17.8 Å². The predicted octanol–water partition coefficient (Wildman–Crippen LogP) is -4.21. The Morgan fingerprint density at radius 3 is 2.54 bits per heavy atom. The number of amides is 2. The Balaban J connectivity index is 1.85. The Morgan fingerprint density at radius 1 is 1.28 bits per heavy atom. The zero-order valence-electron chi connectivity index (χ0n) is 20.4. The molecule has 3 heterocycles.